The Morgan fingerprint density at radius 1 is 0.879 bits per heavy atom. The van der Waals surface area contributed by atoms with Gasteiger partial charge in [0.15, 0.2) is 22.8 Å². The van der Waals surface area contributed by atoms with Crippen LogP contribution in [-0.2, 0) is 13.0 Å². The van der Waals surface area contributed by atoms with E-state index in [-0.39, 0.29) is 6.04 Å². The zero-order valence-corrected chi connectivity index (χ0v) is 19.6. The van der Waals surface area contributed by atoms with Gasteiger partial charge >= 0.3 is 0 Å². The molecule has 1 atom stereocenters. The minimum Gasteiger partial charge on any atom is -0.493 e. The van der Waals surface area contributed by atoms with Crippen LogP contribution in [0, 0.1) is 0 Å². The summed E-state index contributed by atoms with van der Waals surface area (Å²) in [7, 11) is 5.06. The van der Waals surface area contributed by atoms with Crippen LogP contribution in [0.1, 0.15) is 29.7 Å². The molecule has 170 valence electrons. The minimum atomic E-state index is 0.256. The lowest BCUT2D eigenvalue weighted by atomic mass is 9.92. The normalized spacial score (nSPS) is 15.9. The molecule has 5 heteroatoms. The molecule has 0 amide bonds. The number of methoxy groups -OCH3 is 3. The van der Waals surface area contributed by atoms with E-state index >= 15 is 0 Å². The van der Waals surface area contributed by atoms with Gasteiger partial charge in [-0.25, -0.2) is 0 Å². The molecule has 5 nitrogen and oxygen atoms in total. The summed E-state index contributed by atoms with van der Waals surface area (Å²) < 4.78 is 22.9. The van der Waals surface area contributed by atoms with Gasteiger partial charge in [-0.15, -0.1) is 0 Å². The van der Waals surface area contributed by atoms with Crippen LogP contribution in [0.4, 0.5) is 0 Å². The molecule has 5 rings (SSSR count). The first-order valence-electron chi connectivity index (χ1n) is 11.3. The second-order valence-electron chi connectivity index (χ2n) is 8.45. The number of nitrogens with zero attached hydrogens (tertiary/aromatic N) is 1. The van der Waals surface area contributed by atoms with E-state index in [2.05, 4.69) is 48.2 Å². The highest BCUT2D eigenvalue weighted by molar-refractivity contribution is 5.90. The van der Waals surface area contributed by atoms with Crippen molar-refractivity contribution >= 4 is 11.0 Å². The molecule has 1 aromatic heterocycles. The van der Waals surface area contributed by atoms with Crippen molar-refractivity contribution in [2.75, 3.05) is 27.9 Å². The fourth-order valence-electron chi connectivity index (χ4n) is 4.83. The van der Waals surface area contributed by atoms with E-state index in [0.29, 0.717) is 0 Å². The van der Waals surface area contributed by atoms with Gasteiger partial charge in [0.1, 0.15) is 5.76 Å². The average Bonchev–Trinajstić information content (AvgIpc) is 3.32. The molecular weight excluding hydrogens is 414 g/mol. The fourth-order valence-corrected chi connectivity index (χ4v) is 4.83. The lowest BCUT2D eigenvalue weighted by Crippen LogP contribution is -2.33. The summed E-state index contributed by atoms with van der Waals surface area (Å²) in [6, 6.07) is 21.0. The van der Waals surface area contributed by atoms with Crippen LogP contribution in [0.15, 0.2) is 65.1 Å². The van der Waals surface area contributed by atoms with Gasteiger partial charge in [0, 0.05) is 30.1 Å². The van der Waals surface area contributed by atoms with Gasteiger partial charge in [0.05, 0.1) is 21.3 Å². The van der Waals surface area contributed by atoms with Gasteiger partial charge in [0.2, 0.25) is 0 Å². The lowest BCUT2D eigenvalue weighted by molar-refractivity contribution is 0.189. The van der Waals surface area contributed by atoms with E-state index in [1.807, 2.05) is 24.3 Å². The summed E-state index contributed by atoms with van der Waals surface area (Å²) in [5.41, 5.74) is 5.70. The van der Waals surface area contributed by atoms with Crippen LogP contribution in [0.25, 0.3) is 22.3 Å². The SMILES string of the molecule is COc1cc2c(cc1OC)C(C)N(Cc1ccc(OC)c3oc(-c4ccccc4)cc13)CC2. The quantitative estimate of drug-likeness (QED) is 0.353. The number of fused-ring (bicyclic) bond motifs is 2. The van der Waals surface area contributed by atoms with Crippen molar-refractivity contribution in [2.24, 2.45) is 0 Å². The topological polar surface area (TPSA) is 44.1 Å². The number of benzene rings is 3. The maximum absolute atomic E-state index is 6.27. The predicted octanol–water partition coefficient (Wildman–Crippen LogP) is 6.24. The van der Waals surface area contributed by atoms with Crippen LogP contribution >= 0.6 is 0 Å². The minimum absolute atomic E-state index is 0.256. The van der Waals surface area contributed by atoms with Gasteiger partial charge in [0.25, 0.3) is 0 Å². The van der Waals surface area contributed by atoms with Gasteiger partial charge in [-0.2, -0.15) is 0 Å². The van der Waals surface area contributed by atoms with E-state index in [4.69, 9.17) is 18.6 Å². The van der Waals surface area contributed by atoms with E-state index < -0.39 is 0 Å². The maximum atomic E-state index is 6.27. The highest BCUT2D eigenvalue weighted by Gasteiger charge is 2.27. The van der Waals surface area contributed by atoms with Crippen LogP contribution < -0.4 is 14.2 Å². The van der Waals surface area contributed by atoms with Crippen molar-refractivity contribution in [2.45, 2.75) is 25.9 Å². The summed E-state index contributed by atoms with van der Waals surface area (Å²) in [6.45, 7) is 4.05. The Balaban J connectivity index is 1.50. The molecule has 0 aliphatic carbocycles. The van der Waals surface area contributed by atoms with Gasteiger partial charge in [-0.3, -0.25) is 4.90 Å². The monoisotopic (exact) mass is 443 g/mol. The summed E-state index contributed by atoms with van der Waals surface area (Å²) >= 11 is 0. The number of hydrogen-bond donors (Lipinski definition) is 0. The first-order chi connectivity index (χ1) is 16.1. The number of ether oxygens (including phenoxy) is 3. The average molecular weight is 444 g/mol. The molecule has 1 aliphatic rings. The van der Waals surface area contributed by atoms with Gasteiger partial charge < -0.3 is 18.6 Å². The third-order valence-corrected chi connectivity index (χ3v) is 6.70. The lowest BCUT2D eigenvalue weighted by Gasteiger charge is -2.36. The molecule has 2 heterocycles. The smallest absolute Gasteiger partial charge is 0.176 e. The Hall–Kier alpha value is -3.44. The van der Waals surface area contributed by atoms with Crippen LogP contribution in [0.2, 0.25) is 0 Å². The molecule has 0 radical (unpaired) electrons. The van der Waals surface area contributed by atoms with Gasteiger partial charge in [-0.05, 0) is 54.3 Å². The Kier molecular flexibility index (Phi) is 5.73. The zero-order valence-electron chi connectivity index (χ0n) is 19.6. The fraction of sp³-hybridized carbons (Fsp3) is 0.286. The van der Waals surface area contributed by atoms with Crippen molar-refractivity contribution in [1.82, 2.24) is 4.90 Å². The Morgan fingerprint density at radius 3 is 2.33 bits per heavy atom. The molecule has 3 aromatic carbocycles. The van der Waals surface area contributed by atoms with E-state index in [1.54, 1.807) is 21.3 Å². The first-order valence-corrected chi connectivity index (χ1v) is 11.3. The van der Waals surface area contributed by atoms with Crippen LogP contribution in [-0.4, -0.2) is 32.8 Å². The third kappa shape index (κ3) is 3.83. The van der Waals surface area contributed by atoms with Crippen LogP contribution in [0.5, 0.6) is 17.2 Å². The molecule has 0 bridgehead atoms. The second-order valence-corrected chi connectivity index (χ2v) is 8.45. The predicted molar refractivity (Wildman–Crippen MR) is 130 cm³/mol. The third-order valence-electron chi connectivity index (χ3n) is 6.70. The Labute approximate surface area is 194 Å². The molecule has 0 saturated carbocycles. The standard InChI is InChI=1S/C28H29NO4/c1-18-22-15-27(32-4)26(31-3)14-20(22)12-13-29(18)17-21-10-11-24(30-2)28-23(21)16-25(33-28)19-8-6-5-7-9-19/h5-11,14-16,18H,12-13,17H2,1-4H3. The van der Waals surface area contributed by atoms with E-state index in [9.17, 15) is 0 Å². The molecule has 1 unspecified atom stereocenters. The summed E-state index contributed by atoms with van der Waals surface area (Å²) in [5.74, 6) is 3.18. The van der Waals surface area contributed by atoms with E-state index in [1.165, 1.54) is 16.7 Å². The summed E-state index contributed by atoms with van der Waals surface area (Å²) in [4.78, 5) is 2.50. The molecule has 0 fully saturated rings. The maximum Gasteiger partial charge on any atom is 0.176 e. The number of furan rings is 1. The molecule has 0 saturated heterocycles. The molecule has 0 spiro atoms. The summed E-state index contributed by atoms with van der Waals surface area (Å²) in [5, 5.41) is 1.10. The van der Waals surface area contributed by atoms with Crippen molar-refractivity contribution < 1.29 is 18.6 Å². The molecular formula is C28H29NO4. The van der Waals surface area contributed by atoms with E-state index in [0.717, 1.165) is 59.1 Å². The second kappa shape index (κ2) is 8.83. The Bertz CT molecular complexity index is 1280. The number of rotatable bonds is 6. The van der Waals surface area contributed by atoms with Crippen molar-refractivity contribution in [3.63, 3.8) is 0 Å². The molecule has 33 heavy (non-hydrogen) atoms. The van der Waals surface area contributed by atoms with Crippen LogP contribution in [0.3, 0.4) is 0 Å². The largest absolute Gasteiger partial charge is 0.493 e. The first kappa shape index (κ1) is 21.4. The van der Waals surface area contributed by atoms with Gasteiger partial charge in [-0.1, -0.05) is 36.4 Å². The molecule has 1 aliphatic heterocycles. The van der Waals surface area contributed by atoms with Crippen molar-refractivity contribution in [3.05, 3.63) is 77.4 Å². The highest BCUT2D eigenvalue weighted by atomic mass is 16.5. The highest BCUT2D eigenvalue weighted by Crippen LogP contribution is 2.40. The Morgan fingerprint density at radius 2 is 1.61 bits per heavy atom. The molecule has 4 aromatic rings. The van der Waals surface area contributed by atoms with Crippen molar-refractivity contribution in [1.29, 1.82) is 0 Å². The van der Waals surface area contributed by atoms with Crippen molar-refractivity contribution in [3.8, 4) is 28.6 Å². The molecule has 0 N–H and O–H groups in total. The zero-order chi connectivity index (χ0) is 22.9. The summed E-state index contributed by atoms with van der Waals surface area (Å²) in [6.07, 6.45) is 0.972. The number of hydrogen-bond acceptors (Lipinski definition) is 5.